The maximum atomic E-state index is 12.3. The lowest BCUT2D eigenvalue weighted by Gasteiger charge is -2.09. The molecule has 34 heavy (non-hydrogen) atoms. The topological polar surface area (TPSA) is 68.5 Å². The number of nitrogens with one attached hydrogen (secondary N) is 1. The first-order valence-corrected chi connectivity index (χ1v) is 11.9. The highest BCUT2D eigenvalue weighted by Gasteiger charge is 2.13. The Labute approximate surface area is 203 Å². The average Bonchev–Trinajstić information content (AvgIpc) is 3.21. The summed E-state index contributed by atoms with van der Waals surface area (Å²) < 4.78 is 7.46. The summed E-state index contributed by atoms with van der Waals surface area (Å²) in [7, 11) is 1.63. The number of para-hydroxylation sites is 3. The first kappa shape index (κ1) is 23.3. The Bertz CT molecular complexity index is 1330. The summed E-state index contributed by atoms with van der Waals surface area (Å²) in [6.07, 6.45) is 5.17. The van der Waals surface area contributed by atoms with E-state index < -0.39 is 0 Å². The zero-order chi connectivity index (χ0) is 23.8. The molecule has 0 aliphatic carbocycles. The monoisotopic (exact) mass is 470 g/mol. The minimum atomic E-state index is -0.194. The molecular formula is C27H26N4O2S. The minimum absolute atomic E-state index is 0.194. The molecule has 6 nitrogen and oxygen atoms in total. The van der Waals surface area contributed by atoms with Gasteiger partial charge in [-0.15, -0.1) is 0 Å². The van der Waals surface area contributed by atoms with E-state index in [2.05, 4.69) is 52.3 Å². The number of thioether (sulfide) groups is 1. The SMILES string of the molecule is COc1ccccc1C=CC=NNC(=O)CSc1nc2ccccc2n1Cc1ccc(C)cc1. The van der Waals surface area contributed by atoms with Gasteiger partial charge in [0, 0.05) is 11.8 Å². The lowest BCUT2D eigenvalue weighted by Crippen LogP contribution is -2.19. The van der Waals surface area contributed by atoms with Crippen molar-refractivity contribution in [1.82, 2.24) is 15.0 Å². The van der Waals surface area contributed by atoms with E-state index in [-0.39, 0.29) is 11.7 Å². The predicted octanol–water partition coefficient (Wildman–Crippen LogP) is 5.31. The lowest BCUT2D eigenvalue weighted by atomic mass is 10.1. The lowest BCUT2D eigenvalue weighted by molar-refractivity contribution is -0.118. The van der Waals surface area contributed by atoms with Crippen LogP contribution < -0.4 is 10.2 Å². The van der Waals surface area contributed by atoms with Crippen molar-refractivity contribution in [1.29, 1.82) is 0 Å². The second-order valence-electron chi connectivity index (χ2n) is 7.66. The molecule has 1 heterocycles. The molecule has 0 spiro atoms. The van der Waals surface area contributed by atoms with Gasteiger partial charge in [-0.05, 0) is 42.8 Å². The van der Waals surface area contributed by atoms with E-state index in [9.17, 15) is 4.79 Å². The largest absolute Gasteiger partial charge is 0.496 e. The van der Waals surface area contributed by atoms with Crippen LogP contribution in [0, 0.1) is 6.92 Å². The van der Waals surface area contributed by atoms with Crippen LogP contribution in [-0.2, 0) is 11.3 Å². The molecule has 4 rings (SSSR count). The number of ether oxygens (including phenoxy) is 1. The van der Waals surface area contributed by atoms with Crippen molar-refractivity contribution in [2.75, 3.05) is 12.9 Å². The molecule has 0 aliphatic rings. The smallest absolute Gasteiger partial charge is 0.250 e. The van der Waals surface area contributed by atoms with E-state index in [1.54, 1.807) is 19.4 Å². The first-order valence-electron chi connectivity index (χ1n) is 10.9. The van der Waals surface area contributed by atoms with Crippen LogP contribution in [0.1, 0.15) is 16.7 Å². The number of imidazole rings is 1. The first-order chi connectivity index (χ1) is 16.6. The Morgan fingerprint density at radius 1 is 1.09 bits per heavy atom. The maximum absolute atomic E-state index is 12.3. The number of carbonyl (C=O) groups is 1. The molecule has 0 bridgehead atoms. The molecule has 0 radical (unpaired) electrons. The zero-order valence-electron chi connectivity index (χ0n) is 19.1. The molecule has 0 atom stereocenters. The number of hydrogen-bond donors (Lipinski definition) is 1. The predicted molar refractivity (Wildman–Crippen MR) is 139 cm³/mol. The van der Waals surface area contributed by atoms with Crippen molar-refractivity contribution in [2.24, 2.45) is 5.10 Å². The summed E-state index contributed by atoms with van der Waals surface area (Å²) in [5.41, 5.74) is 7.88. The quantitative estimate of drug-likeness (QED) is 0.205. The van der Waals surface area contributed by atoms with Crippen LogP contribution in [0.5, 0.6) is 5.75 Å². The molecule has 172 valence electrons. The van der Waals surface area contributed by atoms with Crippen LogP contribution in [0.15, 0.2) is 89.1 Å². The molecule has 1 aromatic heterocycles. The van der Waals surface area contributed by atoms with Crippen LogP contribution in [0.25, 0.3) is 17.1 Å². The van der Waals surface area contributed by atoms with Crippen LogP contribution in [-0.4, -0.2) is 34.5 Å². The number of aromatic nitrogens is 2. The summed E-state index contributed by atoms with van der Waals surface area (Å²) in [6.45, 7) is 2.77. The number of methoxy groups -OCH3 is 1. The molecule has 3 aromatic carbocycles. The third-order valence-electron chi connectivity index (χ3n) is 5.18. The molecule has 1 N–H and O–H groups in total. The van der Waals surface area contributed by atoms with Crippen LogP contribution in [0.3, 0.4) is 0 Å². The Morgan fingerprint density at radius 2 is 1.85 bits per heavy atom. The Morgan fingerprint density at radius 3 is 2.68 bits per heavy atom. The van der Waals surface area contributed by atoms with Gasteiger partial charge in [-0.25, -0.2) is 10.4 Å². The second kappa shape index (κ2) is 11.3. The second-order valence-corrected chi connectivity index (χ2v) is 8.60. The number of nitrogens with zero attached hydrogens (tertiary/aromatic N) is 3. The van der Waals surface area contributed by atoms with Gasteiger partial charge in [-0.2, -0.15) is 5.10 Å². The number of fused-ring (bicyclic) bond motifs is 1. The number of allylic oxidation sites excluding steroid dienone is 1. The Balaban J connectivity index is 1.38. The summed E-state index contributed by atoms with van der Waals surface area (Å²) >= 11 is 1.40. The summed E-state index contributed by atoms with van der Waals surface area (Å²) in [4.78, 5) is 17.1. The van der Waals surface area contributed by atoms with Gasteiger partial charge < -0.3 is 9.30 Å². The van der Waals surface area contributed by atoms with Crippen LogP contribution in [0.2, 0.25) is 0 Å². The van der Waals surface area contributed by atoms with E-state index in [4.69, 9.17) is 9.72 Å². The average molecular weight is 471 g/mol. The number of rotatable bonds is 9. The molecular weight excluding hydrogens is 444 g/mol. The third-order valence-corrected chi connectivity index (χ3v) is 6.15. The molecule has 4 aromatic rings. The van der Waals surface area contributed by atoms with Crippen LogP contribution >= 0.6 is 11.8 Å². The highest BCUT2D eigenvalue weighted by atomic mass is 32.2. The van der Waals surface area contributed by atoms with Gasteiger partial charge in [0.25, 0.3) is 5.91 Å². The van der Waals surface area contributed by atoms with Crippen molar-refractivity contribution >= 4 is 41.0 Å². The fourth-order valence-electron chi connectivity index (χ4n) is 3.46. The van der Waals surface area contributed by atoms with Crippen molar-refractivity contribution in [3.63, 3.8) is 0 Å². The van der Waals surface area contributed by atoms with Gasteiger partial charge >= 0.3 is 0 Å². The standard InChI is InChI=1S/C27H26N4O2S/c1-20-13-15-21(16-14-20)18-31-24-11-5-4-10-23(24)29-27(31)34-19-26(32)30-28-17-7-9-22-8-3-6-12-25(22)33-2/h3-17H,18-19H2,1-2H3,(H,30,32). The molecule has 0 unspecified atom stereocenters. The van der Waals surface area contributed by atoms with Gasteiger partial charge in [0.15, 0.2) is 5.16 Å². The third kappa shape index (κ3) is 5.94. The highest BCUT2D eigenvalue weighted by Crippen LogP contribution is 2.25. The maximum Gasteiger partial charge on any atom is 0.250 e. The van der Waals surface area contributed by atoms with Gasteiger partial charge in [0.05, 0.1) is 30.4 Å². The van der Waals surface area contributed by atoms with E-state index in [1.807, 2.05) is 48.5 Å². The van der Waals surface area contributed by atoms with Gasteiger partial charge in [0.2, 0.25) is 0 Å². The van der Waals surface area contributed by atoms with Crippen molar-refractivity contribution in [3.8, 4) is 5.75 Å². The number of carbonyl (C=O) groups excluding carboxylic acids is 1. The number of aryl methyl sites for hydroxylation is 1. The number of hydrazone groups is 1. The molecule has 0 saturated carbocycles. The van der Waals surface area contributed by atoms with Gasteiger partial charge in [-0.3, -0.25) is 4.79 Å². The summed E-state index contributed by atoms with van der Waals surface area (Å²) in [6, 6.07) is 24.2. The fraction of sp³-hybridized carbons (Fsp3) is 0.148. The molecule has 1 amide bonds. The molecule has 0 saturated heterocycles. The molecule has 7 heteroatoms. The highest BCUT2D eigenvalue weighted by molar-refractivity contribution is 7.99. The van der Waals surface area contributed by atoms with Crippen molar-refractivity contribution in [3.05, 3.63) is 95.6 Å². The minimum Gasteiger partial charge on any atom is -0.496 e. The van der Waals surface area contributed by atoms with Crippen molar-refractivity contribution in [2.45, 2.75) is 18.6 Å². The number of amides is 1. The zero-order valence-corrected chi connectivity index (χ0v) is 20.0. The summed E-state index contributed by atoms with van der Waals surface area (Å²) in [5, 5.41) is 4.81. The van der Waals surface area contributed by atoms with E-state index in [0.29, 0.717) is 6.54 Å². The van der Waals surface area contributed by atoms with Crippen LogP contribution in [0.4, 0.5) is 0 Å². The Kier molecular flexibility index (Phi) is 7.78. The van der Waals surface area contributed by atoms with Crippen molar-refractivity contribution < 1.29 is 9.53 Å². The van der Waals surface area contributed by atoms with Gasteiger partial charge in [-0.1, -0.05) is 71.9 Å². The Hall–Kier alpha value is -3.84. The molecule has 0 fully saturated rings. The normalized spacial score (nSPS) is 11.5. The van der Waals surface area contributed by atoms with Gasteiger partial charge in [0.1, 0.15) is 5.75 Å². The summed E-state index contributed by atoms with van der Waals surface area (Å²) in [5.74, 6) is 0.798. The van der Waals surface area contributed by atoms with E-state index in [1.165, 1.54) is 22.9 Å². The number of hydrogen-bond acceptors (Lipinski definition) is 5. The van der Waals surface area contributed by atoms with E-state index in [0.717, 1.165) is 27.5 Å². The molecule has 0 aliphatic heterocycles. The fourth-order valence-corrected chi connectivity index (χ4v) is 4.26. The van der Waals surface area contributed by atoms with E-state index >= 15 is 0 Å². The number of benzene rings is 3.